The first-order valence-corrected chi connectivity index (χ1v) is 9.84. The lowest BCUT2D eigenvalue weighted by Gasteiger charge is -2.22. The second-order valence-electron chi connectivity index (χ2n) is 6.80. The highest BCUT2D eigenvalue weighted by Crippen LogP contribution is 2.35. The van der Waals surface area contributed by atoms with Gasteiger partial charge in [-0.25, -0.2) is 0 Å². The van der Waals surface area contributed by atoms with Gasteiger partial charge in [0.2, 0.25) is 0 Å². The quantitative estimate of drug-likeness (QED) is 0.532. The number of ether oxygens (including phenoxy) is 2. The van der Waals surface area contributed by atoms with Crippen LogP contribution >= 0.6 is 23.2 Å². The van der Waals surface area contributed by atoms with Gasteiger partial charge in [-0.05, 0) is 48.2 Å². The van der Waals surface area contributed by atoms with E-state index in [9.17, 15) is 9.59 Å². The fraction of sp³-hybridized carbons (Fsp3) is 0.273. The van der Waals surface area contributed by atoms with Crippen LogP contribution in [0.3, 0.4) is 0 Å². The molecular formula is C22H21Cl2NO4. The SMILES string of the molecule is COC(=O)[C@H](c1ccc(OC)cc1)[C@@H]1C=C[C@H](NC(=O)c2cc(Cl)cc(Cl)c2)C1. The van der Waals surface area contributed by atoms with Crippen molar-refractivity contribution in [3.8, 4) is 5.75 Å². The summed E-state index contributed by atoms with van der Waals surface area (Å²) >= 11 is 12.0. The molecule has 29 heavy (non-hydrogen) atoms. The normalized spacial score (nSPS) is 18.9. The molecule has 1 amide bonds. The first kappa shape index (κ1) is 21.2. The Kier molecular flexibility index (Phi) is 6.83. The molecule has 3 atom stereocenters. The standard InChI is InChI=1S/C22H21Cl2NO4/c1-28-19-7-4-13(5-8-19)20(22(27)29-2)14-3-6-18(11-14)25-21(26)15-9-16(23)12-17(24)10-15/h3-10,12,14,18,20H,11H2,1-2H3,(H,25,26)/t14-,18+,20-/m1/s1. The lowest BCUT2D eigenvalue weighted by atomic mass is 9.85. The van der Waals surface area contributed by atoms with Crippen LogP contribution in [0.2, 0.25) is 10.0 Å². The highest BCUT2D eigenvalue weighted by Gasteiger charge is 2.34. The predicted octanol–water partition coefficient (Wildman–Crippen LogP) is 4.63. The van der Waals surface area contributed by atoms with Crippen LogP contribution in [0.4, 0.5) is 0 Å². The minimum Gasteiger partial charge on any atom is -0.497 e. The van der Waals surface area contributed by atoms with E-state index in [1.807, 2.05) is 36.4 Å². The van der Waals surface area contributed by atoms with E-state index in [1.165, 1.54) is 7.11 Å². The van der Waals surface area contributed by atoms with Gasteiger partial charge in [0, 0.05) is 21.7 Å². The van der Waals surface area contributed by atoms with Gasteiger partial charge >= 0.3 is 5.97 Å². The number of methoxy groups -OCH3 is 2. The fourth-order valence-corrected chi connectivity index (χ4v) is 4.04. The molecule has 0 heterocycles. The molecule has 0 aromatic heterocycles. The Morgan fingerprint density at radius 2 is 1.69 bits per heavy atom. The molecule has 2 aromatic rings. The zero-order valence-electron chi connectivity index (χ0n) is 16.0. The highest BCUT2D eigenvalue weighted by atomic mass is 35.5. The maximum absolute atomic E-state index is 12.5. The van der Waals surface area contributed by atoms with Crippen molar-refractivity contribution in [1.82, 2.24) is 5.32 Å². The summed E-state index contributed by atoms with van der Waals surface area (Å²) in [5.41, 5.74) is 1.22. The van der Waals surface area contributed by atoms with Crippen molar-refractivity contribution in [3.05, 3.63) is 75.8 Å². The van der Waals surface area contributed by atoms with Crippen molar-refractivity contribution in [2.24, 2.45) is 5.92 Å². The summed E-state index contributed by atoms with van der Waals surface area (Å²) < 4.78 is 10.2. The Labute approximate surface area is 179 Å². The van der Waals surface area contributed by atoms with Crippen molar-refractivity contribution in [2.75, 3.05) is 14.2 Å². The third kappa shape index (κ3) is 5.11. The second kappa shape index (κ2) is 9.33. The fourth-order valence-electron chi connectivity index (χ4n) is 3.51. The molecule has 7 heteroatoms. The number of amides is 1. The van der Waals surface area contributed by atoms with Crippen molar-refractivity contribution >= 4 is 35.1 Å². The second-order valence-corrected chi connectivity index (χ2v) is 7.67. The number of halogens is 2. The van der Waals surface area contributed by atoms with E-state index in [0.29, 0.717) is 27.8 Å². The highest BCUT2D eigenvalue weighted by molar-refractivity contribution is 6.35. The van der Waals surface area contributed by atoms with E-state index in [4.69, 9.17) is 32.7 Å². The average Bonchev–Trinajstić information content (AvgIpc) is 3.15. The van der Waals surface area contributed by atoms with Crippen molar-refractivity contribution in [3.63, 3.8) is 0 Å². The Morgan fingerprint density at radius 3 is 2.28 bits per heavy atom. The third-order valence-electron chi connectivity index (χ3n) is 4.92. The van der Waals surface area contributed by atoms with E-state index in [-0.39, 0.29) is 23.8 Å². The third-order valence-corrected chi connectivity index (χ3v) is 5.35. The van der Waals surface area contributed by atoms with Crippen LogP contribution < -0.4 is 10.1 Å². The molecule has 0 saturated carbocycles. The summed E-state index contributed by atoms with van der Waals surface area (Å²) in [5, 5.41) is 3.74. The van der Waals surface area contributed by atoms with E-state index >= 15 is 0 Å². The van der Waals surface area contributed by atoms with Crippen LogP contribution in [0.25, 0.3) is 0 Å². The van der Waals surface area contributed by atoms with Crippen LogP contribution in [0.5, 0.6) is 5.75 Å². The van der Waals surface area contributed by atoms with Gasteiger partial charge in [-0.3, -0.25) is 9.59 Å². The molecule has 3 rings (SSSR count). The molecule has 0 unspecified atom stereocenters. The van der Waals surface area contributed by atoms with E-state index in [2.05, 4.69) is 5.32 Å². The topological polar surface area (TPSA) is 64.6 Å². The number of hydrogen-bond acceptors (Lipinski definition) is 4. The molecule has 0 fully saturated rings. The van der Waals surface area contributed by atoms with Crippen LogP contribution in [-0.4, -0.2) is 32.1 Å². The van der Waals surface area contributed by atoms with Gasteiger partial charge in [-0.1, -0.05) is 47.5 Å². The lowest BCUT2D eigenvalue weighted by molar-refractivity contribution is -0.143. The minimum atomic E-state index is -0.468. The maximum Gasteiger partial charge on any atom is 0.313 e. The summed E-state index contributed by atoms with van der Waals surface area (Å²) in [6.45, 7) is 0. The monoisotopic (exact) mass is 433 g/mol. The van der Waals surface area contributed by atoms with Gasteiger partial charge in [0.05, 0.1) is 20.1 Å². The number of nitrogens with one attached hydrogen (secondary N) is 1. The molecule has 0 spiro atoms. The largest absolute Gasteiger partial charge is 0.497 e. The summed E-state index contributed by atoms with van der Waals surface area (Å²) in [4.78, 5) is 25.0. The van der Waals surface area contributed by atoms with Crippen molar-refractivity contribution < 1.29 is 19.1 Å². The van der Waals surface area contributed by atoms with Gasteiger partial charge in [0.25, 0.3) is 5.91 Å². The van der Waals surface area contributed by atoms with Gasteiger partial charge in [0.15, 0.2) is 0 Å². The smallest absolute Gasteiger partial charge is 0.313 e. The Bertz CT molecular complexity index is 907. The van der Waals surface area contributed by atoms with Crippen LogP contribution in [0, 0.1) is 5.92 Å². The van der Waals surface area contributed by atoms with E-state index in [1.54, 1.807) is 25.3 Å². The minimum absolute atomic E-state index is 0.107. The van der Waals surface area contributed by atoms with Gasteiger partial charge in [-0.15, -0.1) is 0 Å². The predicted molar refractivity (Wildman–Crippen MR) is 113 cm³/mol. The van der Waals surface area contributed by atoms with Gasteiger partial charge in [-0.2, -0.15) is 0 Å². The number of benzene rings is 2. The van der Waals surface area contributed by atoms with Crippen molar-refractivity contribution in [1.29, 1.82) is 0 Å². The number of rotatable bonds is 6. The van der Waals surface area contributed by atoms with Crippen LogP contribution in [-0.2, 0) is 9.53 Å². The molecule has 2 aromatic carbocycles. The first-order valence-electron chi connectivity index (χ1n) is 9.08. The summed E-state index contributed by atoms with van der Waals surface area (Å²) in [6.07, 6.45) is 4.42. The number of allylic oxidation sites excluding steroid dienone is 1. The summed E-state index contributed by atoms with van der Waals surface area (Å²) in [5.74, 6) is -0.458. The molecule has 0 aliphatic heterocycles. The molecule has 1 N–H and O–H groups in total. The number of hydrogen-bond donors (Lipinski definition) is 1. The molecule has 152 valence electrons. The van der Waals surface area contributed by atoms with E-state index < -0.39 is 5.92 Å². The number of esters is 1. The Morgan fingerprint density at radius 1 is 1.03 bits per heavy atom. The lowest BCUT2D eigenvalue weighted by Crippen LogP contribution is -2.33. The zero-order valence-corrected chi connectivity index (χ0v) is 17.5. The van der Waals surface area contributed by atoms with Crippen LogP contribution in [0.1, 0.15) is 28.3 Å². The molecule has 1 aliphatic rings. The van der Waals surface area contributed by atoms with E-state index in [0.717, 1.165) is 5.56 Å². The Balaban J connectivity index is 1.72. The molecule has 5 nitrogen and oxygen atoms in total. The maximum atomic E-state index is 12.5. The van der Waals surface area contributed by atoms with Crippen LogP contribution in [0.15, 0.2) is 54.6 Å². The number of carbonyl (C=O) groups is 2. The first-order chi connectivity index (χ1) is 13.9. The zero-order chi connectivity index (χ0) is 21.0. The molecule has 0 saturated heterocycles. The molecule has 0 bridgehead atoms. The molecular weight excluding hydrogens is 413 g/mol. The molecule has 0 radical (unpaired) electrons. The van der Waals surface area contributed by atoms with Crippen molar-refractivity contribution in [2.45, 2.75) is 18.4 Å². The Hall–Kier alpha value is -2.50. The van der Waals surface area contributed by atoms with Gasteiger partial charge < -0.3 is 14.8 Å². The molecule has 1 aliphatic carbocycles. The average molecular weight is 434 g/mol. The number of carbonyl (C=O) groups excluding carboxylic acids is 2. The van der Waals surface area contributed by atoms with Gasteiger partial charge in [0.1, 0.15) is 5.75 Å². The summed E-state index contributed by atoms with van der Waals surface area (Å²) in [6, 6.07) is 11.8. The summed E-state index contributed by atoms with van der Waals surface area (Å²) in [7, 11) is 2.96.